The second-order valence-electron chi connectivity index (χ2n) is 4.37. The fraction of sp³-hybridized carbons (Fsp3) is 0.917. The molecule has 1 rings (SSSR count). The van der Waals surface area contributed by atoms with Crippen LogP contribution in [0.15, 0.2) is 4.99 Å². The summed E-state index contributed by atoms with van der Waals surface area (Å²) in [6.45, 7) is 6.93. The second-order valence-corrected chi connectivity index (χ2v) is 4.37. The molecule has 0 radical (unpaired) electrons. The Kier molecular flexibility index (Phi) is 9.91. The van der Waals surface area contributed by atoms with Crippen LogP contribution in [0, 0.1) is 5.92 Å². The number of hydrogen-bond acceptors (Lipinski definition) is 2. The smallest absolute Gasteiger partial charge is 0.191 e. The Morgan fingerprint density at radius 1 is 1.41 bits per heavy atom. The minimum Gasteiger partial charge on any atom is -0.382 e. The number of aliphatic imine (C=N–C) groups is 1. The van der Waals surface area contributed by atoms with Gasteiger partial charge < -0.3 is 15.4 Å². The van der Waals surface area contributed by atoms with Gasteiger partial charge in [0.25, 0.3) is 0 Å². The predicted molar refractivity (Wildman–Crippen MR) is 83.2 cm³/mol. The quantitative estimate of drug-likeness (QED) is 0.318. The summed E-state index contributed by atoms with van der Waals surface area (Å²) in [5, 5.41) is 6.72. The van der Waals surface area contributed by atoms with E-state index in [0.29, 0.717) is 6.04 Å². The van der Waals surface area contributed by atoms with E-state index in [1.807, 2.05) is 14.0 Å². The normalized spacial score (nSPS) is 22.9. The Hall–Kier alpha value is -0.0400. The van der Waals surface area contributed by atoms with E-state index in [4.69, 9.17) is 4.74 Å². The van der Waals surface area contributed by atoms with Gasteiger partial charge in [-0.3, -0.25) is 4.99 Å². The van der Waals surface area contributed by atoms with E-state index >= 15 is 0 Å². The molecule has 4 nitrogen and oxygen atoms in total. The van der Waals surface area contributed by atoms with Gasteiger partial charge in [0.1, 0.15) is 0 Å². The lowest BCUT2D eigenvalue weighted by Gasteiger charge is -2.11. The monoisotopic (exact) mass is 355 g/mol. The molecule has 2 unspecified atom stereocenters. The molecule has 1 fully saturated rings. The van der Waals surface area contributed by atoms with Gasteiger partial charge in [-0.25, -0.2) is 0 Å². The van der Waals surface area contributed by atoms with Gasteiger partial charge in [-0.1, -0.05) is 6.92 Å². The summed E-state index contributed by atoms with van der Waals surface area (Å²) in [4.78, 5) is 4.20. The van der Waals surface area contributed by atoms with E-state index in [2.05, 4.69) is 22.5 Å². The maximum Gasteiger partial charge on any atom is 0.191 e. The molecule has 2 N–H and O–H groups in total. The number of rotatable bonds is 7. The maximum atomic E-state index is 5.28. The maximum absolute atomic E-state index is 5.28. The van der Waals surface area contributed by atoms with Crippen LogP contribution in [0.1, 0.15) is 33.1 Å². The van der Waals surface area contributed by atoms with Crippen molar-refractivity contribution in [3.05, 3.63) is 0 Å². The van der Waals surface area contributed by atoms with Gasteiger partial charge >= 0.3 is 0 Å². The third kappa shape index (κ3) is 7.81. The van der Waals surface area contributed by atoms with Crippen LogP contribution >= 0.6 is 24.0 Å². The van der Waals surface area contributed by atoms with E-state index in [1.165, 1.54) is 6.42 Å². The van der Waals surface area contributed by atoms with Crippen molar-refractivity contribution in [2.24, 2.45) is 10.9 Å². The summed E-state index contributed by atoms with van der Waals surface area (Å²) in [6.07, 6.45) is 3.50. The van der Waals surface area contributed by atoms with Crippen LogP contribution < -0.4 is 10.6 Å². The van der Waals surface area contributed by atoms with Crippen molar-refractivity contribution >= 4 is 29.9 Å². The van der Waals surface area contributed by atoms with E-state index in [1.54, 1.807) is 0 Å². The molecule has 5 heteroatoms. The van der Waals surface area contributed by atoms with Gasteiger partial charge in [-0.15, -0.1) is 24.0 Å². The molecule has 1 saturated carbocycles. The predicted octanol–water partition coefficient (Wildman–Crippen LogP) is 1.99. The molecule has 0 bridgehead atoms. The number of unbranched alkanes of at least 4 members (excludes halogenated alkanes) is 1. The van der Waals surface area contributed by atoms with Gasteiger partial charge in [-0.05, 0) is 32.1 Å². The molecule has 1 aliphatic carbocycles. The fourth-order valence-corrected chi connectivity index (χ4v) is 1.57. The Bertz CT molecular complexity index is 224. The molecule has 0 aromatic heterocycles. The highest BCUT2D eigenvalue weighted by atomic mass is 127. The molecule has 17 heavy (non-hydrogen) atoms. The molecule has 0 aromatic rings. The summed E-state index contributed by atoms with van der Waals surface area (Å²) in [7, 11) is 1.82. The van der Waals surface area contributed by atoms with Crippen LogP contribution in [0.3, 0.4) is 0 Å². The van der Waals surface area contributed by atoms with Gasteiger partial charge in [-0.2, -0.15) is 0 Å². The standard InChI is InChI=1S/C12H25N3O.HI/c1-4-16-8-6-5-7-14-12(13-3)15-11-9-10(11)2;/h10-11H,4-9H2,1-3H3,(H2,13,14,15);1H. The Morgan fingerprint density at radius 3 is 2.65 bits per heavy atom. The zero-order chi connectivity index (χ0) is 11.8. The van der Waals surface area contributed by atoms with Crippen molar-refractivity contribution in [2.45, 2.75) is 39.2 Å². The second kappa shape index (κ2) is 9.94. The first-order chi connectivity index (χ1) is 7.77. The summed E-state index contributed by atoms with van der Waals surface area (Å²) in [5.41, 5.74) is 0. The van der Waals surface area contributed by atoms with Crippen molar-refractivity contribution in [1.29, 1.82) is 0 Å². The molecule has 0 aromatic carbocycles. The third-order valence-electron chi connectivity index (χ3n) is 2.87. The number of nitrogens with one attached hydrogen (secondary N) is 2. The van der Waals surface area contributed by atoms with Crippen molar-refractivity contribution in [2.75, 3.05) is 26.8 Å². The molecule has 102 valence electrons. The van der Waals surface area contributed by atoms with Crippen LogP contribution in [0.25, 0.3) is 0 Å². The highest BCUT2D eigenvalue weighted by molar-refractivity contribution is 14.0. The van der Waals surface area contributed by atoms with Crippen molar-refractivity contribution in [1.82, 2.24) is 10.6 Å². The van der Waals surface area contributed by atoms with Crippen LogP contribution in [0.5, 0.6) is 0 Å². The van der Waals surface area contributed by atoms with Crippen molar-refractivity contribution in [3.8, 4) is 0 Å². The van der Waals surface area contributed by atoms with E-state index in [9.17, 15) is 0 Å². The molecule has 1 aliphatic rings. The molecule has 0 spiro atoms. The average molecular weight is 355 g/mol. The first-order valence-electron chi connectivity index (χ1n) is 6.32. The molecular weight excluding hydrogens is 329 g/mol. The minimum absolute atomic E-state index is 0. The number of hydrogen-bond donors (Lipinski definition) is 2. The zero-order valence-electron chi connectivity index (χ0n) is 11.2. The summed E-state index contributed by atoms with van der Waals surface area (Å²) < 4.78 is 5.28. The number of ether oxygens (including phenoxy) is 1. The van der Waals surface area contributed by atoms with E-state index < -0.39 is 0 Å². The van der Waals surface area contributed by atoms with Gasteiger partial charge in [0.05, 0.1) is 0 Å². The van der Waals surface area contributed by atoms with Crippen LogP contribution in [0.4, 0.5) is 0 Å². The molecular formula is C12H26IN3O. The summed E-state index contributed by atoms with van der Waals surface area (Å²) in [5.74, 6) is 1.74. The first-order valence-corrected chi connectivity index (χ1v) is 6.32. The molecule has 2 atom stereocenters. The third-order valence-corrected chi connectivity index (χ3v) is 2.87. The van der Waals surface area contributed by atoms with Gasteiger partial charge in [0, 0.05) is 32.8 Å². The average Bonchev–Trinajstić information content (AvgIpc) is 2.97. The molecule has 0 saturated heterocycles. The van der Waals surface area contributed by atoms with Crippen LogP contribution in [-0.2, 0) is 4.74 Å². The Labute approximate surface area is 122 Å². The van der Waals surface area contributed by atoms with E-state index in [-0.39, 0.29) is 24.0 Å². The van der Waals surface area contributed by atoms with Gasteiger partial charge in [0.15, 0.2) is 5.96 Å². The molecule has 0 heterocycles. The number of nitrogens with zero attached hydrogens (tertiary/aromatic N) is 1. The number of halogens is 1. The Morgan fingerprint density at radius 2 is 2.12 bits per heavy atom. The topological polar surface area (TPSA) is 45.6 Å². The van der Waals surface area contributed by atoms with Crippen molar-refractivity contribution < 1.29 is 4.74 Å². The van der Waals surface area contributed by atoms with Crippen LogP contribution in [-0.4, -0.2) is 38.8 Å². The first kappa shape index (κ1) is 17.0. The lowest BCUT2D eigenvalue weighted by atomic mass is 10.3. The lowest BCUT2D eigenvalue weighted by molar-refractivity contribution is 0.143. The van der Waals surface area contributed by atoms with Crippen molar-refractivity contribution in [3.63, 3.8) is 0 Å². The number of guanidine groups is 1. The zero-order valence-corrected chi connectivity index (χ0v) is 13.5. The minimum atomic E-state index is 0. The largest absolute Gasteiger partial charge is 0.382 e. The Balaban J connectivity index is 0.00000256. The van der Waals surface area contributed by atoms with E-state index in [0.717, 1.165) is 44.5 Å². The molecule has 0 aliphatic heterocycles. The fourth-order valence-electron chi connectivity index (χ4n) is 1.57. The van der Waals surface area contributed by atoms with Gasteiger partial charge in [0.2, 0.25) is 0 Å². The SMILES string of the molecule is CCOCCCCNC(=NC)NC1CC1C.I. The lowest BCUT2D eigenvalue weighted by Crippen LogP contribution is -2.39. The molecule has 0 amide bonds. The summed E-state index contributed by atoms with van der Waals surface area (Å²) in [6, 6.07) is 0.634. The van der Waals surface area contributed by atoms with Crippen LogP contribution in [0.2, 0.25) is 0 Å². The highest BCUT2D eigenvalue weighted by Crippen LogP contribution is 2.28. The summed E-state index contributed by atoms with van der Waals surface area (Å²) >= 11 is 0. The highest BCUT2D eigenvalue weighted by Gasteiger charge is 2.32.